The van der Waals surface area contributed by atoms with E-state index in [1.165, 1.54) is 6.08 Å². The Morgan fingerprint density at radius 3 is 2.12 bits per heavy atom. The molecule has 3 aromatic carbocycles. The SMILES string of the molecule is COc1ccc(COc2c(Cl)cc(OCC=C(Cl)Cl)cc2Cl)cc1OCc1ccccc1. The number of methoxy groups -OCH3 is 1. The third kappa shape index (κ3) is 7.14. The molecule has 32 heavy (non-hydrogen) atoms. The van der Waals surface area contributed by atoms with Gasteiger partial charge in [-0.1, -0.05) is 82.8 Å². The van der Waals surface area contributed by atoms with E-state index in [4.69, 9.17) is 65.4 Å². The lowest BCUT2D eigenvalue weighted by Gasteiger charge is -2.15. The minimum absolute atomic E-state index is 0.119. The van der Waals surface area contributed by atoms with Crippen molar-refractivity contribution in [2.75, 3.05) is 13.7 Å². The molecule has 0 saturated carbocycles. The van der Waals surface area contributed by atoms with Gasteiger partial charge in [-0.2, -0.15) is 0 Å². The molecule has 4 nitrogen and oxygen atoms in total. The molecule has 0 aliphatic heterocycles. The van der Waals surface area contributed by atoms with Crippen LogP contribution in [0.2, 0.25) is 10.0 Å². The highest BCUT2D eigenvalue weighted by atomic mass is 35.5. The number of benzene rings is 3. The second-order valence-corrected chi connectivity index (χ2v) is 8.39. The normalized spacial score (nSPS) is 10.4. The van der Waals surface area contributed by atoms with Crippen molar-refractivity contribution in [3.8, 4) is 23.0 Å². The third-order valence-electron chi connectivity index (χ3n) is 4.31. The van der Waals surface area contributed by atoms with E-state index >= 15 is 0 Å². The molecule has 0 atom stereocenters. The molecule has 0 fully saturated rings. The molecule has 3 aromatic rings. The minimum Gasteiger partial charge on any atom is -0.493 e. The molecule has 0 aliphatic rings. The Balaban J connectivity index is 1.67. The highest BCUT2D eigenvalue weighted by Crippen LogP contribution is 2.38. The maximum Gasteiger partial charge on any atom is 0.162 e. The molecule has 3 rings (SSSR count). The average Bonchev–Trinajstić information content (AvgIpc) is 2.77. The van der Waals surface area contributed by atoms with Crippen LogP contribution >= 0.6 is 46.4 Å². The van der Waals surface area contributed by atoms with Gasteiger partial charge in [0.1, 0.15) is 30.1 Å². The summed E-state index contributed by atoms with van der Waals surface area (Å²) in [5.74, 6) is 2.08. The summed E-state index contributed by atoms with van der Waals surface area (Å²) in [5.41, 5.74) is 1.92. The van der Waals surface area contributed by atoms with E-state index in [0.717, 1.165) is 11.1 Å². The summed E-state index contributed by atoms with van der Waals surface area (Å²) < 4.78 is 22.9. The first-order chi connectivity index (χ1) is 15.5. The highest BCUT2D eigenvalue weighted by Gasteiger charge is 2.12. The van der Waals surface area contributed by atoms with Crippen molar-refractivity contribution < 1.29 is 18.9 Å². The van der Waals surface area contributed by atoms with Crippen molar-refractivity contribution in [1.82, 2.24) is 0 Å². The molecular formula is C24H20Cl4O4. The van der Waals surface area contributed by atoms with E-state index in [2.05, 4.69) is 0 Å². The third-order valence-corrected chi connectivity index (χ3v) is 5.18. The van der Waals surface area contributed by atoms with Crippen molar-refractivity contribution in [1.29, 1.82) is 0 Å². The van der Waals surface area contributed by atoms with Crippen LogP contribution in [0.15, 0.2) is 71.2 Å². The highest BCUT2D eigenvalue weighted by molar-refractivity contribution is 6.55. The van der Waals surface area contributed by atoms with Gasteiger partial charge in [0.15, 0.2) is 17.2 Å². The zero-order valence-electron chi connectivity index (χ0n) is 17.1. The molecule has 0 radical (unpaired) electrons. The number of halogens is 4. The Labute approximate surface area is 207 Å². The number of hydrogen-bond acceptors (Lipinski definition) is 4. The van der Waals surface area contributed by atoms with Crippen molar-refractivity contribution in [3.63, 3.8) is 0 Å². The molecule has 0 amide bonds. The average molecular weight is 514 g/mol. The summed E-state index contributed by atoms with van der Waals surface area (Å²) in [5, 5.41) is 0.644. The van der Waals surface area contributed by atoms with Crippen LogP contribution in [0.4, 0.5) is 0 Å². The molecule has 0 bridgehead atoms. The zero-order valence-corrected chi connectivity index (χ0v) is 20.1. The molecular weight excluding hydrogens is 494 g/mol. The predicted octanol–water partition coefficient (Wildman–Crippen LogP) is 7.86. The van der Waals surface area contributed by atoms with Gasteiger partial charge >= 0.3 is 0 Å². The Bertz CT molecular complexity index is 1040. The summed E-state index contributed by atoms with van der Waals surface area (Å²) in [4.78, 5) is 0. The lowest BCUT2D eigenvalue weighted by Crippen LogP contribution is -2.01. The topological polar surface area (TPSA) is 36.9 Å². The molecule has 0 spiro atoms. The van der Waals surface area contributed by atoms with E-state index in [9.17, 15) is 0 Å². The van der Waals surface area contributed by atoms with Crippen LogP contribution in [-0.4, -0.2) is 13.7 Å². The van der Waals surface area contributed by atoms with Crippen molar-refractivity contribution in [2.45, 2.75) is 13.2 Å². The van der Waals surface area contributed by atoms with Crippen molar-refractivity contribution >= 4 is 46.4 Å². The van der Waals surface area contributed by atoms with Crippen LogP contribution in [0.25, 0.3) is 0 Å². The van der Waals surface area contributed by atoms with Gasteiger partial charge in [-0.25, -0.2) is 0 Å². The van der Waals surface area contributed by atoms with Crippen LogP contribution in [0.3, 0.4) is 0 Å². The number of ether oxygens (including phenoxy) is 4. The Morgan fingerprint density at radius 2 is 1.47 bits per heavy atom. The minimum atomic E-state index is 0.119. The Kier molecular flexibility index (Phi) is 9.24. The van der Waals surface area contributed by atoms with Crippen LogP contribution < -0.4 is 18.9 Å². The first kappa shape index (κ1) is 24.4. The van der Waals surface area contributed by atoms with Gasteiger partial charge in [-0.05, 0) is 29.3 Å². The summed E-state index contributed by atoms with van der Waals surface area (Å²) in [7, 11) is 1.60. The second kappa shape index (κ2) is 12.1. The largest absolute Gasteiger partial charge is 0.493 e. The molecule has 0 heterocycles. The second-order valence-electron chi connectivity index (χ2n) is 6.57. The van der Waals surface area contributed by atoms with Gasteiger partial charge in [-0.15, -0.1) is 0 Å². The zero-order chi connectivity index (χ0) is 22.9. The van der Waals surface area contributed by atoms with Gasteiger partial charge in [-0.3, -0.25) is 0 Å². The molecule has 0 aromatic heterocycles. The van der Waals surface area contributed by atoms with E-state index in [1.807, 2.05) is 48.5 Å². The van der Waals surface area contributed by atoms with Gasteiger partial charge in [0.2, 0.25) is 0 Å². The van der Waals surface area contributed by atoms with Gasteiger partial charge < -0.3 is 18.9 Å². The maximum absolute atomic E-state index is 6.34. The van der Waals surface area contributed by atoms with E-state index in [-0.39, 0.29) is 17.7 Å². The van der Waals surface area contributed by atoms with E-state index in [0.29, 0.717) is 39.7 Å². The quantitative estimate of drug-likeness (QED) is 0.276. The Hall–Kier alpha value is -2.24. The smallest absolute Gasteiger partial charge is 0.162 e. The number of rotatable bonds is 10. The summed E-state index contributed by atoms with van der Waals surface area (Å²) in [6, 6.07) is 18.7. The molecule has 0 saturated heterocycles. The van der Waals surface area contributed by atoms with Crippen LogP contribution in [0.5, 0.6) is 23.0 Å². The fourth-order valence-corrected chi connectivity index (χ4v) is 3.48. The number of hydrogen-bond donors (Lipinski definition) is 0. The van der Waals surface area contributed by atoms with Gasteiger partial charge in [0.25, 0.3) is 0 Å². The first-order valence-corrected chi connectivity index (χ1v) is 11.1. The van der Waals surface area contributed by atoms with Crippen LogP contribution in [0, 0.1) is 0 Å². The molecule has 8 heteroatoms. The lowest BCUT2D eigenvalue weighted by atomic mass is 10.2. The fraction of sp³-hybridized carbons (Fsp3) is 0.167. The maximum atomic E-state index is 6.34. The fourth-order valence-electron chi connectivity index (χ4n) is 2.77. The molecule has 168 valence electrons. The lowest BCUT2D eigenvalue weighted by molar-refractivity contribution is 0.279. The molecule has 0 unspecified atom stereocenters. The van der Waals surface area contributed by atoms with Gasteiger partial charge in [0, 0.05) is 12.1 Å². The van der Waals surface area contributed by atoms with E-state index in [1.54, 1.807) is 19.2 Å². The van der Waals surface area contributed by atoms with Crippen molar-refractivity contribution in [2.24, 2.45) is 0 Å². The molecule has 0 aliphatic carbocycles. The molecule has 0 N–H and O–H groups in total. The van der Waals surface area contributed by atoms with Crippen LogP contribution in [-0.2, 0) is 13.2 Å². The van der Waals surface area contributed by atoms with Crippen molar-refractivity contribution in [3.05, 3.63) is 92.4 Å². The predicted molar refractivity (Wildman–Crippen MR) is 130 cm³/mol. The van der Waals surface area contributed by atoms with Gasteiger partial charge in [0.05, 0.1) is 17.2 Å². The van der Waals surface area contributed by atoms with Crippen LogP contribution in [0.1, 0.15) is 11.1 Å². The standard InChI is InChI=1S/C24H20Cl4O4/c1-29-21-8-7-17(11-22(21)31-14-16-5-3-2-4-6-16)15-32-24-19(25)12-18(13-20(24)26)30-10-9-23(27)28/h2-9,11-13H,10,14-15H2,1H3. The summed E-state index contributed by atoms with van der Waals surface area (Å²) in [6.07, 6.45) is 1.51. The summed E-state index contributed by atoms with van der Waals surface area (Å²) in [6.45, 7) is 0.841. The monoisotopic (exact) mass is 512 g/mol. The Morgan fingerprint density at radius 1 is 0.781 bits per heavy atom. The van der Waals surface area contributed by atoms with E-state index < -0.39 is 0 Å². The first-order valence-electron chi connectivity index (χ1n) is 9.55. The summed E-state index contributed by atoms with van der Waals surface area (Å²) >= 11 is 23.8.